The fourth-order valence-electron chi connectivity index (χ4n) is 2.18. The first-order chi connectivity index (χ1) is 7.49. The van der Waals surface area contributed by atoms with Crippen molar-refractivity contribution in [2.24, 2.45) is 11.8 Å². The Bertz CT molecular complexity index is 257. The molecule has 5 nitrogen and oxygen atoms in total. The van der Waals surface area contributed by atoms with Gasteiger partial charge in [0.1, 0.15) is 13.2 Å². The van der Waals surface area contributed by atoms with E-state index in [9.17, 15) is 9.59 Å². The molecule has 0 aromatic rings. The number of carboxylic acids is 1. The van der Waals surface area contributed by atoms with E-state index in [2.05, 4.69) is 13.8 Å². The van der Waals surface area contributed by atoms with Crippen LogP contribution in [-0.2, 0) is 14.3 Å². The molecule has 1 amide bonds. The summed E-state index contributed by atoms with van der Waals surface area (Å²) in [6, 6.07) is 0. The first-order valence-electron chi connectivity index (χ1n) is 5.56. The van der Waals surface area contributed by atoms with Crippen LogP contribution in [0.4, 0.5) is 0 Å². The third-order valence-corrected chi connectivity index (χ3v) is 2.67. The molecule has 0 radical (unpaired) electrons. The van der Waals surface area contributed by atoms with Crippen molar-refractivity contribution in [3.63, 3.8) is 0 Å². The van der Waals surface area contributed by atoms with Crippen molar-refractivity contribution in [1.82, 2.24) is 4.90 Å². The number of carbonyl (C=O) groups excluding carboxylic acids is 1. The van der Waals surface area contributed by atoms with E-state index in [-0.39, 0.29) is 12.5 Å². The number of nitrogens with zero attached hydrogens (tertiary/aromatic N) is 1. The molecule has 0 unspecified atom stereocenters. The fourth-order valence-corrected chi connectivity index (χ4v) is 2.18. The molecule has 0 spiro atoms. The lowest BCUT2D eigenvalue weighted by Crippen LogP contribution is -2.44. The molecule has 0 aromatic heterocycles. The van der Waals surface area contributed by atoms with E-state index in [0.717, 1.165) is 19.5 Å². The minimum Gasteiger partial charge on any atom is -0.480 e. The smallest absolute Gasteiger partial charge is 0.329 e. The van der Waals surface area contributed by atoms with Gasteiger partial charge < -0.3 is 14.7 Å². The lowest BCUT2D eigenvalue weighted by molar-refractivity contribution is -0.146. The lowest BCUT2D eigenvalue weighted by atomic mass is 9.92. The third-order valence-electron chi connectivity index (χ3n) is 2.67. The second-order valence-electron chi connectivity index (χ2n) is 4.63. The van der Waals surface area contributed by atoms with Gasteiger partial charge in [-0.3, -0.25) is 4.79 Å². The molecule has 0 saturated carbocycles. The number of carbonyl (C=O) groups is 2. The van der Waals surface area contributed by atoms with Gasteiger partial charge in [-0.15, -0.1) is 0 Å². The van der Waals surface area contributed by atoms with E-state index in [1.807, 2.05) is 0 Å². The average molecular weight is 229 g/mol. The monoisotopic (exact) mass is 229 g/mol. The van der Waals surface area contributed by atoms with Crippen molar-refractivity contribution >= 4 is 11.9 Å². The highest BCUT2D eigenvalue weighted by Gasteiger charge is 2.25. The van der Waals surface area contributed by atoms with Gasteiger partial charge in [-0.05, 0) is 18.3 Å². The Hall–Kier alpha value is -1.10. The first kappa shape index (κ1) is 13.0. The quantitative estimate of drug-likeness (QED) is 0.766. The highest BCUT2D eigenvalue weighted by Crippen LogP contribution is 2.20. The predicted octanol–water partition coefficient (Wildman–Crippen LogP) is 0.592. The Morgan fingerprint density at radius 2 is 1.81 bits per heavy atom. The van der Waals surface area contributed by atoms with Crippen molar-refractivity contribution in [3.05, 3.63) is 0 Å². The Balaban J connectivity index is 2.32. The number of amides is 1. The maximum absolute atomic E-state index is 11.7. The number of ether oxygens (including phenoxy) is 1. The SMILES string of the molecule is C[C@@H]1C[C@@H](C)CN(C(=O)COCC(=O)O)C1. The van der Waals surface area contributed by atoms with E-state index in [1.54, 1.807) is 4.90 Å². The van der Waals surface area contributed by atoms with E-state index in [1.165, 1.54) is 0 Å². The second kappa shape index (κ2) is 5.84. The number of rotatable bonds is 4. The lowest BCUT2D eigenvalue weighted by Gasteiger charge is -2.34. The fraction of sp³-hybridized carbons (Fsp3) is 0.818. The molecular formula is C11H19NO4. The van der Waals surface area contributed by atoms with Gasteiger partial charge in [-0.25, -0.2) is 4.79 Å². The van der Waals surface area contributed by atoms with Crippen LogP contribution in [0, 0.1) is 11.8 Å². The largest absolute Gasteiger partial charge is 0.480 e. The van der Waals surface area contributed by atoms with Crippen LogP contribution in [0.5, 0.6) is 0 Å². The van der Waals surface area contributed by atoms with Crippen LogP contribution in [0.15, 0.2) is 0 Å². The Kier molecular flexibility index (Phi) is 4.73. The summed E-state index contributed by atoms with van der Waals surface area (Å²) in [7, 11) is 0. The van der Waals surface area contributed by atoms with Crippen LogP contribution in [0.1, 0.15) is 20.3 Å². The highest BCUT2D eigenvalue weighted by atomic mass is 16.5. The van der Waals surface area contributed by atoms with Gasteiger partial charge in [0, 0.05) is 13.1 Å². The van der Waals surface area contributed by atoms with Gasteiger partial charge in [0.05, 0.1) is 0 Å². The molecular weight excluding hydrogens is 210 g/mol. The Morgan fingerprint density at radius 3 is 2.31 bits per heavy atom. The van der Waals surface area contributed by atoms with E-state index < -0.39 is 12.6 Å². The normalized spacial score (nSPS) is 25.5. The van der Waals surface area contributed by atoms with Crippen molar-refractivity contribution in [2.45, 2.75) is 20.3 Å². The molecule has 92 valence electrons. The molecule has 0 aromatic carbocycles. The molecule has 1 fully saturated rings. The summed E-state index contributed by atoms with van der Waals surface area (Å²) in [6.07, 6.45) is 1.14. The number of likely N-dealkylation sites (tertiary alicyclic amines) is 1. The predicted molar refractivity (Wildman–Crippen MR) is 58.0 cm³/mol. The minimum absolute atomic E-state index is 0.111. The Labute approximate surface area is 95.4 Å². The number of carboxylic acid groups (broad SMARTS) is 1. The minimum atomic E-state index is -1.05. The van der Waals surface area contributed by atoms with E-state index >= 15 is 0 Å². The molecule has 5 heteroatoms. The van der Waals surface area contributed by atoms with Crippen LogP contribution in [0.3, 0.4) is 0 Å². The molecule has 1 N–H and O–H groups in total. The molecule has 1 aliphatic rings. The summed E-state index contributed by atoms with van der Waals surface area (Å²) < 4.78 is 4.79. The van der Waals surface area contributed by atoms with Gasteiger partial charge >= 0.3 is 5.97 Å². The standard InChI is InChI=1S/C11H19NO4/c1-8-3-9(2)5-12(4-8)10(13)6-16-7-11(14)15/h8-9H,3-7H2,1-2H3,(H,14,15)/t8-,9-/m1/s1. The van der Waals surface area contributed by atoms with Gasteiger partial charge in [-0.2, -0.15) is 0 Å². The van der Waals surface area contributed by atoms with Crippen LogP contribution >= 0.6 is 0 Å². The van der Waals surface area contributed by atoms with Crippen molar-refractivity contribution in [1.29, 1.82) is 0 Å². The molecule has 0 bridgehead atoms. The number of hydrogen-bond acceptors (Lipinski definition) is 3. The van der Waals surface area contributed by atoms with Gasteiger partial charge in [-0.1, -0.05) is 13.8 Å². The van der Waals surface area contributed by atoms with Crippen LogP contribution in [-0.4, -0.2) is 48.2 Å². The molecule has 1 saturated heterocycles. The summed E-state index contributed by atoms with van der Waals surface area (Å²) in [5.74, 6) is -0.146. The van der Waals surface area contributed by atoms with E-state index in [0.29, 0.717) is 11.8 Å². The zero-order valence-corrected chi connectivity index (χ0v) is 9.81. The van der Waals surface area contributed by atoms with Crippen molar-refractivity contribution in [2.75, 3.05) is 26.3 Å². The molecule has 0 aliphatic carbocycles. The van der Waals surface area contributed by atoms with Crippen LogP contribution in [0.25, 0.3) is 0 Å². The topological polar surface area (TPSA) is 66.8 Å². The zero-order chi connectivity index (χ0) is 12.1. The third kappa shape index (κ3) is 4.18. The Morgan fingerprint density at radius 1 is 1.25 bits per heavy atom. The van der Waals surface area contributed by atoms with Crippen molar-refractivity contribution in [3.8, 4) is 0 Å². The number of piperidine rings is 1. The first-order valence-corrected chi connectivity index (χ1v) is 5.56. The van der Waals surface area contributed by atoms with Gasteiger partial charge in [0.15, 0.2) is 0 Å². The summed E-state index contributed by atoms with van der Waals surface area (Å²) in [5, 5.41) is 8.37. The van der Waals surface area contributed by atoms with Crippen LogP contribution in [0.2, 0.25) is 0 Å². The molecule has 1 heterocycles. The van der Waals surface area contributed by atoms with Gasteiger partial charge in [0.2, 0.25) is 5.91 Å². The maximum atomic E-state index is 11.7. The average Bonchev–Trinajstić information content (AvgIpc) is 2.15. The summed E-state index contributed by atoms with van der Waals surface area (Å²) in [6.45, 7) is 5.19. The number of aliphatic carboxylic acids is 1. The highest BCUT2D eigenvalue weighted by molar-refractivity contribution is 5.78. The van der Waals surface area contributed by atoms with E-state index in [4.69, 9.17) is 9.84 Å². The summed E-state index contributed by atoms with van der Waals surface area (Å²) in [4.78, 5) is 23.7. The zero-order valence-electron chi connectivity index (χ0n) is 9.81. The summed E-state index contributed by atoms with van der Waals surface area (Å²) >= 11 is 0. The molecule has 16 heavy (non-hydrogen) atoms. The molecule has 1 rings (SSSR count). The maximum Gasteiger partial charge on any atom is 0.329 e. The van der Waals surface area contributed by atoms with Crippen molar-refractivity contribution < 1.29 is 19.4 Å². The van der Waals surface area contributed by atoms with Crippen LogP contribution < -0.4 is 0 Å². The second-order valence-corrected chi connectivity index (χ2v) is 4.63. The molecule has 1 aliphatic heterocycles. The summed E-state index contributed by atoms with van der Waals surface area (Å²) in [5.41, 5.74) is 0. The van der Waals surface area contributed by atoms with Gasteiger partial charge in [0.25, 0.3) is 0 Å². The number of hydrogen-bond donors (Lipinski definition) is 1. The molecule has 2 atom stereocenters.